The van der Waals surface area contributed by atoms with E-state index in [2.05, 4.69) is 62.5 Å². The molecule has 120 valence electrons. The molecule has 1 heterocycles. The van der Waals surface area contributed by atoms with E-state index in [1.165, 1.54) is 0 Å². The highest BCUT2D eigenvalue weighted by Crippen LogP contribution is 2.35. The van der Waals surface area contributed by atoms with Crippen molar-refractivity contribution in [1.82, 2.24) is 9.97 Å². The van der Waals surface area contributed by atoms with Gasteiger partial charge in [0.15, 0.2) is 5.82 Å². The third kappa shape index (κ3) is 5.06. The number of halogens is 1. The molecule has 0 aliphatic carbocycles. The van der Waals surface area contributed by atoms with E-state index in [0.29, 0.717) is 6.61 Å². The van der Waals surface area contributed by atoms with Gasteiger partial charge in [0.05, 0.1) is 9.26 Å². The number of nitrogens with one attached hydrogen (secondary N) is 1. The lowest BCUT2D eigenvalue weighted by molar-refractivity contribution is -0.0191. The minimum absolute atomic E-state index is 0.0320. The average molecular weight is 405 g/mol. The predicted octanol–water partition coefficient (Wildman–Crippen LogP) is 4.59. The van der Waals surface area contributed by atoms with Gasteiger partial charge in [-0.15, -0.1) is 0 Å². The molecule has 1 rings (SSSR count). The van der Waals surface area contributed by atoms with Crippen LogP contribution in [0.1, 0.15) is 65.6 Å². The summed E-state index contributed by atoms with van der Waals surface area (Å²) in [5.74, 6) is 1.73. The Morgan fingerprint density at radius 3 is 2.33 bits per heavy atom. The summed E-state index contributed by atoms with van der Waals surface area (Å²) >= 11 is 2.34. The van der Waals surface area contributed by atoms with Gasteiger partial charge in [-0.2, -0.15) is 0 Å². The molecule has 1 aromatic heterocycles. The fraction of sp³-hybridized carbons (Fsp3) is 0.750. The summed E-state index contributed by atoms with van der Waals surface area (Å²) in [4.78, 5) is 9.54. The first-order chi connectivity index (χ1) is 9.85. The monoisotopic (exact) mass is 405 g/mol. The lowest BCUT2D eigenvalue weighted by atomic mass is 9.88. The van der Waals surface area contributed by atoms with Gasteiger partial charge < -0.3 is 10.1 Å². The Hall–Kier alpha value is -0.430. The third-order valence-corrected chi connectivity index (χ3v) is 4.26. The van der Waals surface area contributed by atoms with Crippen LogP contribution in [-0.4, -0.2) is 23.1 Å². The van der Waals surface area contributed by atoms with Crippen molar-refractivity contribution in [2.24, 2.45) is 5.41 Å². The summed E-state index contributed by atoms with van der Waals surface area (Å²) in [6, 6.07) is 0. The van der Waals surface area contributed by atoms with Gasteiger partial charge in [0.2, 0.25) is 0 Å². The quantitative estimate of drug-likeness (QED) is 0.675. The van der Waals surface area contributed by atoms with Crippen molar-refractivity contribution in [3.63, 3.8) is 0 Å². The van der Waals surface area contributed by atoms with Crippen molar-refractivity contribution < 1.29 is 4.74 Å². The second-order valence-corrected chi connectivity index (χ2v) is 7.25. The number of hydrogen-bond donors (Lipinski definition) is 1. The lowest BCUT2D eigenvalue weighted by Crippen LogP contribution is -2.25. The molecule has 0 aliphatic heterocycles. The zero-order valence-electron chi connectivity index (χ0n) is 14.1. The van der Waals surface area contributed by atoms with Crippen molar-refractivity contribution in [1.29, 1.82) is 0 Å². The van der Waals surface area contributed by atoms with Crippen LogP contribution in [0, 0.1) is 8.99 Å². The first-order valence-electron chi connectivity index (χ1n) is 7.76. The number of aryl methyl sites for hydroxylation is 1. The lowest BCUT2D eigenvalue weighted by Gasteiger charge is -2.29. The topological polar surface area (TPSA) is 47.0 Å². The molecule has 0 saturated heterocycles. The molecule has 0 fully saturated rings. The van der Waals surface area contributed by atoms with Crippen LogP contribution in [0.2, 0.25) is 0 Å². The Morgan fingerprint density at radius 2 is 1.86 bits per heavy atom. The summed E-state index contributed by atoms with van der Waals surface area (Å²) in [6.07, 6.45) is 1.95. The molecule has 5 heteroatoms. The molecule has 4 nitrogen and oxygen atoms in total. The average Bonchev–Trinajstić information content (AvgIpc) is 2.39. The summed E-state index contributed by atoms with van der Waals surface area (Å²) in [5, 5.41) is 3.35. The Bertz CT molecular complexity index is 430. The van der Waals surface area contributed by atoms with E-state index in [1.807, 2.05) is 6.92 Å². The minimum atomic E-state index is -0.0903. The van der Waals surface area contributed by atoms with Gasteiger partial charge in [0.25, 0.3) is 0 Å². The predicted molar refractivity (Wildman–Crippen MR) is 96.7 cm³/mol. The molecular formula is C16H28IN3O. The van der Waals surface area contributed by atoms with Gasteiger partial charge in [-0.3, -0.25) is 0 Å². The normalized spacial score (nSPS) is 13.3. The van der Waals surface area contributed by atoms with Crippen LogP contribution in [0.4, 0.5) is 5.82 Å². The van der Waals surface area contributed by atoms with E-state index in [1.54, 1.807) is 0 Å². The highest BCUT2D eigenvalue weighted by Gasteiger charge is 2.30. The zero-order valence-corrected chi connectivity index (χ0v) is 16.2. The number of nitrogens with zero attached hydrogens (tertiary/aromatic N) is 2. The van der Waals surface area contributed by atoms with Crippen LogP contribution in [0.15, 0.2) is 0 Å². The maximum Gasteiger partial charge on any atom is 0.160 e. The molecule has 1 atom stereocenters. The number of rotatable bonds is 7. The highest BCUT2D eigenvalue weighted by molar-refractivity contribution is 14.1. The zero-order chi connectivity index (χ0) is 16.0. The summed E-state index contributed by atoms with van der Waals surface area (Å²) in [7, 11) is 0. The smallest absolute Gasteiger partial charge is 0.160 e. The SMILES string of the molecule is CCCc1nc(C(OCC)C(C)(C)C)nc(NCC)c1I. The fourth-order valence-corrected chi connectivity index (χ4v) is 2.90. The molecule has 1 N–H and O–H groups in total. The van der Waals surface area contributed by atoms with Crippen molar-refractivity contribution in [2.75, 3.05) is 18.5 Å². The first-order valence-corrected chi connectivity index (χ1v) is 8.84. The molecule has 0 bridgehead atoms. The molecule has 21 heavy (non-hydrogen) atoms. The minimum Gasteiger partial charge on any atom is -0.370 e. The molecular weight excluding hydrogens is 377 g/mol. The second kappa shape index (κ2) is 8.27. The molecule has 0 saturated carbocycles. The Balaban J connectivity index is 3.32. The van der Waals surface area contributed by atoms with Gasteiger partial charge in [0.1, 0.15) is 11.9 Å². The summed E-state index contributed by atoms with van der Waals surface area (Å²) < 4.78 is 7.07. The summed E-state index contributed by atoms with van der Waals surface area (Å²) in [5.41, 5.74) is 1.09. The fourth-order valence-electron chi connectivity index (χ4n) is 2.20. The van der Waals surface area contributed by atoms with Crippen LogP contribution >= 0.6 is 22.6 Å². The van der Waals surface area contributed by atoms with Crippen molar-refractivity contribution >= 4 is 28.4 Å². The van der Waals surface area contributed by atoms with Gasteiger partial charge >= 0.3 is 0 Å². The van der Waals surface area contributed by atoms with Crippen LogP contribution < -0.4 is 5.32 Å². The largest absolute Gasteiger partial charge is 0.370 e. The maximum atomic E-state index is 5.94. The molecule has 0 aliphatic rings. The van der Waals surface area contributed by atoms with E-state index >= 15 is 0 Å². The van der Waals surface area contributed by atoms with E-state index in [0.717, 1.165) is 40.3 Å². The summed E-state index contributed by atoms with van der Waals surface area (Å²) in [6.45, 7) is 14.3. The molecule has 0 spiro atoms. The molecule has 0 radical (unpaired) electrons. The van der Waals surface area contributed by atoms with Gasteiger partial charge in [-0.05, 0) is 48.3 Å². The Labute approximate surface area is 142 Å². The first kappa shape index (κ1) is 18.6. The Morgan fingerprint density at radius 1 is 1.19 bits per heavy atom. The maximum absolute atomic E-state index is 5.94. The van der Waals surface area contributed by atoms with E-state index < -0.39 is 0 Å². The second-order valence-electron chi connectivity index (χ2n) is 6.17. The van der Waals surface area contributed by atoms with Crippen molar-refractivity contribution in [2.45, 2.75) is 60.5 Å². The van der Waals surface area contributed by atoms with E-state index in [-0.39, 0.29) is 11.5 Å². The number of anilines is 1. The van der Waals surface area contributed by atoms with Crippen molar-refractivity contribution in [3.8, 4) is 0 Å². The molecule has 1 unspecified atom stereocenters. The Kier molecular flexibility index (Phi) is 7.33. The van der Waals surface area contributed by atoms with Gasteiger partial charge in [-0.25, -0.2) is 9.97 Å². The third-order valence-electron chi connectivity index (χ3n) is 3.12. The van der Waals surface area contributed by atoms with Crippen LogP contribution in [0.3, 0.4) is 0 Å². The van der Waals surface area contributed by atoms with Crippen LogP contribution in [-0.2, 0) is 11.2 Å². The molecule has 0 aromatic carbocycles. The van der Waals surface area contributed by atoms with Gasteiger partial charge in [0, 0.05) is 13.2 Å². The molecule has 0 amide bonds. The standard InChI is InChI=1S/C16H28IN3O/c1-7-10-11-12(17)14(18-8-2)20-15(19-11)13(21-9-3)16(4,5)6/h13H,7-10H2,1-6H3,(H,18,19,20). The van der Waals surface area contributed by atoms with Crippen LogP contribution in [0.25, 0.3) is 0 Å². The number of aromatic nitrogens is 2. The molecule has 1 aromatic rings. The van der Waals surface area contributed by atoms with Crippen LogP contribution in [0.5, 0.6) is 0 Å². The highest BCUT2D eigenvalue weighted by atomic mass is 127. The van der Waals surface area contributed by atoms with Crippen molar-refractivity contribution in [3.05, 3.63) is 15.1 Å². The van der Waals surface area contributed by atoms with E-state index in [9.17, 15) is 0 Å². The van der Waals surface area contributed by atoms with E-state index in [4.69, 9.17) is 14.7 Å². The number of hydrogen-bond acceptors (Lipinski definition) is 4. The van der Waals surface area contributed by atoms with Gasteiger partial charge in [-0.1, -0.05) is 34.1 Å². The number of ether oxygens (including phenoxy) is 1.